The van der Waals surface area contributed by atoms with E-state index in [1.807, 2.05) is 32.0 Å². The van der Waals surface area contributed by atoms with Gasteiger partial charge in [-0.1, -0.05) is 0 Å². The van der Waals surface area contributed by atoms with Crippen LogP contribution in [0.5, 0.6) is 0 Å². The fraction of sp³-hybridized carbons (Fsp3) is 0.429. The number of rotatable bonds is 3. The van der Waals surface area contributed by atoms with Gasteiger partial charge in [0.2, 0.25) is 5.91 Å². The quantitative estimate of drug-likeness (QED) is 0.885. The maximum absolute atomic E-state index is 11.6. The van der Waals surface area contributed by atoms with Gasteiger partial charge in [-0.2, -0.15) is 5.26 Å². The lowest BCUT2D eigenvalue weighted by atomic mass is 9.96. The van der Waals surface area contributed by atoms with Crippen molar-refractivity contribution in [1.82, 2.24) is 0 Å². The normalized spacial score (nSPS) is 14.3. The first-order valence-electron chi connectivity index (χ1n) is 5.97. The van der Waals surface area contributed by atoms with E-state index in [1.165, 1.54) is 0 Å². The number of likely N-dealkylation sites (N-methyl/N-ethyl adjacent to an activating group) is 1. The van der Waals surface area contributed by atoms with E-state index in [0.717, 1.165) is 16.9 Å². The number of benzene rings is 1. The van der Waals surface area contributed by atoms with E-state index in [2.05, 4.69) is 11.4 Å². The van der Waals surface area contributed by atoms with Gasteiger partial charge in [0.05, 0.1) is 17.9 Å². The highest BCUT2D eigenvalue weighted by Crippen LogP contribution is 2.30. The van der Waals surface area contributed by atoms with Crippen LogP contribution < -0.4 is 10.2 Å². The number of anilines is 2. The summed E-state index contributed by atoms with van der Waals surface area (Å²) in [7, 11) is 1.79. The summed E-state index contributed by atoms with van der Waals surface area (Å²) in [5.41, 5.74) is 2.58. The Balaban J connectivity index is 2.13. The first-order chi connectivity index (χ1) is 8.43. The lowest BCUT2D eigenvalue weighted by Crippen LogP contribution is -2.21. The summed E-state index contributed by atoms with van der Waals surface area (Å²) in [5, 5.41) is 12.2. The number of nitriles is 1. The number of carbonyl (C=O) groups excluding carboxylic acids is 1. The minimum absolute atomic E-state index is 0.125. The third-order valence-corrected chi connectivity index (χ3v) is 3.19. The zero-order valence-electron chi connectivity index (χ0n) is 10.9. The van der Waals surface area contributed by atoms with Crippen LogP contribution in [0, 0.1) is 16.7 Å². The van der Waals surface area contributed by atoms with Crippen LogP contribution >= 0.6 is 0 Å². The first kappa shape index (κ1) is 12.4. The van der Waals surface area contributed by atoms with Crippen LogP contribution in [0.2, 0.25) is 0 Å². The van der Waals surface area contributed by atoms with Crippen LogP contribution in [0.4, 0.5) is 11.4 Å². The molecule has 94 valence electrons. The van der Waals surface area contributed by atoms with Crippen molar-refractivity contribution in [3.63, 3.8) is 0 Å². The molecule has 4 nitrogen and oxygen atoms in total. The SMILES string of the molecule is CN1C(=O)Cc2cc(NCC(C)(C)C#N)ccc21. The fourth-order valence-electron chi connectivity index (χ4n) is 1.94. The lowest BCUT2D eigenvalue weighted by Gasteiger charge is -2.17. The fourth-order valence-corrected chi connectivity index (χ4v) is 1.94. The van der Waals surface area contributed by atoms with Crippen molar-refractivity contribution >= 4 is 17.3 Å². The Morgan fingerprint density at radius 1 is 1.50 bits per heavy atom. The Bertz CT molecular complexity index is 528. The van der Waals surface area contributed by atoms with Gasteiger partial charge in [0.1, 0.15) is 0 Å². The molecule has 0 saturated heterocycles. The summed E-state index contributed by atoms with van der Waals surface area (Å²) in [4.78, 5) is 13.2. The summed E-state index contributed by atoms with van der Waals surface area (Å²) < 4.78 is 0. The predicted octanol–water partition coefficient (Wildman–Crippen LogP) is 2.17. The molecule has 1 heterocycles. The molecule has 0 radical (unpaired) electrons. The minimum Gasteiger partial charge on any atom is -0.383 e. The molecule has 1 amide bonds. The number of amides is 1. The topological polar surface area (TPSA) is 56.1 Å². The molecule has 1 aromatic carbocycles. The van der Waals surface area contributed by atoms with Crippen LogP contribution in [-0.2, 0) is 11.2 Å². The predicted molar refractivity (Wildman–Crippen MR) is 71.4 cm³/mol. The number of nitrogens with zero attached hydrogens (tertiary/aromatic N) is 2. The Morgan fingerprint density at radius 2 is 2.22 bits per heavy atom. The van der Waals surface area contributed by atoms with Gasteiger partial charge in [-0.25, -0.2) is 0 Å². The molecule has 0 aliphatic carbocycles. The van der Waals surface area contributed by atoms with Crippen molar-refractivity contribution in [2.24, 2.45) is 5.41 Å². The molecule has 1 aliphatic heterocycles. The summed E-state index contributed by atoms with van der Waals surface area (Å²) in [6.07, 6.45) is 0.461. The maximum Gasteiger partial charge on any atom is 0.231 e. The number of fused-ring (bicyclic) bond motifs is 1. The second-order valence-corrected chi connectivity index (χ2v) is 5.32. The molecule has 1 aromatic rings. The number of hydrogen-bond acceptors (Lipinski definition) is 3. The van der Waals surface area contributed by atoms with Gasteiger partial charge < -0.3 is 10.2 Å². The van der Waals surface area contributed by atoms with Gasteiger partial charge in [-0.15, -0.1) is 0 Å². The van der Waals surface area contributed by atoms with Gasteiger partial charge in [0.25, 0.3) is 0 Å². The van der Waals surface area contributed by atoms with Crippen molar-refractivity contribution in [3.8, 4) is 6.07 Å². The average Bonchev–Trinajstić information content (AvgIpc) is 2.62. The number of nitrogens with one attached hydrogen (secondary N) is 1. The molecule has 0 atom stereocenters. The molecule has 1 N–H and O–H groups in total. The molecule has 1 aliphatic rings. The van der Waals surface area contributed by atoms with E-state index in [0.29, 0.717) is 13.0 Å². The number of hydrogen-bond donors (Lipinski definition) is 1. The molecule has 0 fully saturated rings. The van der Waals surface area contributed by atoms with Gasteiger partial charge in [-0.3, -0.25) is 4.79 Å². The smallest absolute Gasteiger partial charge is 0.231 e. The second kappa shape index (κ2) is 4.34. The van der Waals surface area contributed by atoms with E-state index in [1.54, 1.807) is 11.9 Å². The van der Waals surface area contributed by atoms with Crippen LogP contribution in [-0.4, -0.2) is 19.5 Å². The van der Waals surface area contributed by atoms with Crippen LogP contribution in [0.1, 0.15) is 19.4 Å². The molecule has 0 bridgehead atoms. The van der Waals surface area contributed by atoms with E-state index in [9.17, 15) is 4.79 Å². The number of carbonyl (C=O) groups is 1. The Kier molecular flexibility index (Phi) is 3.00. The third kappa shape index (κ3) is 2.30. The summed E-state index contributed by atoms with van der Waals surface area (Å²) in [5.74, 6) is 0.125. The van der Waals surface area contributed by atoms with E-state index >= 15 is 0 Å². The van der Waals surface area contributed by atoms with Crippen molar-refractivity contribution < 1.29 is 4.79 Å². The zero-order valence-corrected chi connectivity index (χ0v) is 10.9. The summed E-state index contributed by atoms with van der Waals surface area (Å²) in [6.45, 7) is 4.38. The van der Waals surface area contributed by atoms with Gasteiger partial charge in [0, 0.05) is 25.0 Å². The standard InChI is InChI=1S/C14H17N3O/c1-14(2,8-15)9-16-11-4-5-12-10(6-11)7-13(18)17(12)3/h4-6,16H,7,9H2,1-3H3. The highest BCUT2D eigenvalue weighted by Gasteiger charge is 2.24. The van der Waals surface area contributed by atoms with E-state index in [4.69, 9.17) is 5.26 Å². The van der Waals surface area contributed by atoms with Gasteiger partial charge in [0.15, 0.2) is 0 Å². The molecule has 2 rings (SSSR count). The van der Waals surface area contributed by atoms with Crippen molar-refractivity contribution in [1.29, 1.82) is 5.26 Å². The van der Waals surface area contributed by atoms with Crippen molar-refractivity contribution in [2.45, 2.75) is 20.3 Å². The molecule has 0 unspecified atom stereocenters. The molecule has 0 spiro atoms. The molecular weight excluding hydrogens is 226 g/mol. The lowest BCUT2D eigenvalue weighted by molar-refractivity contribution is -0.117. The Labute approximate surface area is 107 Å². The highest BCUT2D eigenvalue weighted by molar-refractivity contribution is 6.01. The monoisotopic (exact) mass is 243 g/mol. The van der Waals surface area contributed by atoms with Crippen molar-refractivity contribution in [3.05, 3.63) is 23.8 Å². The van der Waals surface area contributed by atoms with Crippen molar-refractivity contribution in [2.75, 3.05) is 23.8 Å². The van der Waals surface area contributed by atoms with Crippen LogP contribution in [0.15, 0.2) is 18.2 Å². The van der Waals surface area contributed by atoms with E-state index in [-0.39, 0.29) is 5.91 Å². The summed E-state index contributed by atoms with van der Waals surface area (Å²) >= 11 is 0. The molecule has 0 saturated carbocycles. The second-order valence-electron chi connectivity index (χ2n) is 5.32. The largest absolute Gasteiger partial charge is 0.383 e. The average molecular weight is 243 g/mol. The molecule has 0 aromatic heterocycles. The highest BCUT2D eigenvalue weighted by atomic mass is 16.2. The zero-order chi connectivity index (χ0) is 13.3. The molecular formula is C14H17N3O. The third-order valence-electron chi connectivity index (χ3n) is 3.19. The van der Waals surface area contributed by atoms with E-state index < -0.39 is 5.41 Å². The van der Waals surface area contributed by atoms with Gasteiger partial charge in [-0.05, 0) is 37.6 Å². The van der Waals surface area contributed by atoms with Crippen LogP contribution in [0.25, 0.3) is 0 Å². The summed E-state index contributed by atoms with van der Waals surface area (Å²) in [6, 6.07) is 8.14. The first-order valence-corrected chi connectivity index (χ1v) is 5.97. The maximum atomic E-state index is 11.6. The van der Waals surface area contributed by atoms with Gasteiger partial charge >= 0.3 is 0 Å². The molecule has 4 heteroatoms. The van der Waals surface area contributed by atoms with Crippen LogP contribution in [0.3, 0.4) is 0 Å². The Morgan fingerprint density at radius 3 is 2.89 bits per heavy atom. The molecule has 18 heavy (non-hydrogen) atoms. The Hall–Kier alpha value is -2.02. The minimum atomic E-state index is -0.397.